The summed E-state index contributed by atoms with van der Waals surface area (Å²) in [5.41, 5.74) is 0. The molecule has 2 rings (SSSR count). The molecule has 0 spiro atoms. The van der Waals surface area contributed by atoms with Gasteiger partial charge in [-0.1, -0.05) is 0 Å². The van der Waals surface area contributed by atoms with Crippen molar-refractivity contribution in [3.8, 4) is 5.75 Å². The maximum absolute atomic E-state index is 11.2. The molecule has 0 saturated carbocycles. The second kappa shape index (κ2) is 4.52. The van der Waals surface area contributed by atoms with E-state index >= 15 is 0 Å². The van der Waals surface area contributed by atoms with Crippen molar-refractivity contribution >= 4 is 50.2 Å². The first kappa shape index (κ1) is 14.4. The van der Waals surface area contributed by atoms with Gasteiger partial charge in [-0.2, -0.15) is 0 Å². The molecule has 102 valence electrons. The average molecular weight is 341 g/mol. The second-order valence-electron chi connectivity index (χ2n) is 3.70. The third kappa shape index (κ3) is 2.94. The van der Waals surface area contributed by atoms with E-state index in [2.05, 4.69) is 0 Å². The smallest absolute Gasteiger partial charge is 0.261 e. The Bertz CT molecular complexity index is 867. The summed E-state index contributed by atoms with van der Waals surface area (Å²) in [4.78, 5) is -0.534. The minimum atomic E-state index is -4.04. The topological polar surface area (TPSA) is 88.5 Å². The van der Waals surface area contributed by atoms with Crippen LogP contribution in [0, 0.1) is 0 Å². The van der Waals surface area contributed by atoms with Crippen LogP contribution in [-0.4, -0.2) is 21.9 Å². The lowest BCUT2D eigenvalue weighted by Crippen LogP contribution is -1.93. The fourth-order valence-corrected chi connectivity index (χ4v) is 3.17. The zero-order valence-corrected chi connectivity index (χ0v) is 12.2. The molecule has 0 aliphatic rings. The number of phenolic OH excluding ortho intramolecular Hbond substituents is 1. The van der Waals surface area contributed by atoms with E-state index < -0.39 is 18.1 Å². The SMILES string of the molecule is O=S(=O)(Cl)c1ccc2c(O)cc(S(=O)(=O)Cl)cc2c1. The minimum absolute atomic E-state index is 0.195. The van der Waals surface area contributed by atoms with Crippen molar-refractivity contribution in [1.82, 2.24) is 0 Å². The minimum Gasteiger partial charge on any atom is -0.507 e. The molecule has 19 heavy (non-hydrogen) atoms. The maximum Gasteiger partial charge on any atom is 0.261 e. The van der Waals surface area contributed by atoms with E-state index in [0.29, 0.717) is 0 Å². The van der Waals surface area contributed by atoms with Gasteiger partial charge < -0.3 is 5.11 Å². The van der Waals surface area contributed by atoms with Crippen LogP contribution in [-0.2, 0) is 18.1 Å². The fourth-order valence-electron chi connectivity index (χ4n) is 1.59. The number of benzene rings is 2. The number of halogens is 2. The average Bonchev–Trinajstić information content (AvgIpc) is 2.25. The van der Waals surface area contributed by atoms with Crippen molar-refractivity contribution in [2.24, 2.45) is 0 Å². The molecule has 0 saturated heterocycles. The molecule has 0 aromatic heterocycles. The monoisotopic (exact) mass is 340 g/mol. The lowest BCUT2D eigenvalue weighted by atomic mass is 10.1. The highest BCUT2D eigenvalue weighted by Gasteiger charge is 2.16. The highest BCUT2D eigenvalue weighted by atomic mass is 35.7. The van der Waals surface area contributed by atoms with Crippen molar-refractivity contribution in [2.75, 3.05) is 0 Å². The number of hydrogen-bond donors (Lipinski definition) is 1. The lowest BCUT2D eigenvalue weighted by Gasteiger charge is -2.05. The zero-order chi connectivity index (χ0) is 14.4. The fraction of sp³-hybridized carbons (Fsp3) is 0. The molecule has 2 aromatic rings. The molecule has 0 radical (unpaired) electrons. The van der Waals surface area contributed by atoms with Gasteiger partial charge in [0.1, 0.15) is 5.75 Å². The van der Waals surface area contributed by atoms with Gasteiger partial charge in [-0.05, 0) is 29.7 Å². The van der Waals surface area contributed by atoms with Crippen LogP contribution in [0.5, 0.6) is 5.75 Å². The van der Waals surface area contributed by atoms with E-state index in [-0.39, 0.29) is 26.3 Å². The van der Waals surface area contributed by atoms with E-state index in [4.69, 9.17) is 21.4 Å². The summed E-state index contributed by atoms with van der Waals surface area (Å²) in [6.07, 6.45) is 0. The van der Waals surface area contributed by atoms with Crippen molar-refractivity contribution < 1.29 is 21.9 Å². The Hall–Kier alpha value is -1.02. The van der Waals surface area contributed by atoms with Crippen molar-refractivity contribution in [3.05, 3.63) is 30.3 Å². The van der Waals surface area contributed by atoms with Crippen LogP contribution in [0.2, 0.25) is 0 Å². The molecule has 0 unspecified atom stereocenters. The summed E-state index contributed by atoms with van der Waals surface area (Å²) in [5.74, 6) is -0.324. The van der Waals surface area contributed by atoms with Gasteiger partial charge in [0.15, 0.2) is 0 Å². The molecule has 0 fully saturated rings. The van der Waals surface area contributed by atoms with Crippen molar-refractivity contribution in [1.29, 1.82) is 0 Å². The molecular weight excluding hydrogens is 335 g/mol. The van der Waals surface area contributed by atoms with Gasteiger partial charge in [0.2, 0.25) is 0 Å². The Morgan fingerprint density at radius 3 is 1.89 bits per heavy atom. The maximum atomic E-state index is 11.2. The van der Waals surface area contributed by atoms with Gasteiger partial charge in [0.05, 0.1) is 9.79 Å². The van der Waals surface area contributed by atoms with Crippen LogP contribution in [0.25, 0.3) is 10.8 Å². The lowest BCUT2D eigenvalue weighted by molar-refractivity contribution is 0.479. The molecule has 1 N–H and O–H groups in total. The number of hydrogen-bond acceptors (Lipinski definition) is 5. The third-order valence-corrected chi connectivity index (χ3v) is 5.12. The summed E-state index contributed by atoms with van der Waals surface area (Å²) >= 11 is 0. The molecule has 0 atom stereocenters. The standard InChI is InChI=1S/C10H6Cl2O5S2/c11-18(14,15)7-1-2-9-6(3-7)4-8(5-10(9)13)19(12,16)17/h1-5,13H. The Balaban J connectivity index is 2.85. The molecule has 9 heteroatoms. The van der Waals surface area contributed by atoms with E-state index in [9.17, 15) is 21.9 Å². The van der Waals surface area contributed by atoms with Gasteiger partial charge in [0.25, 0.3) is 18.1 Å². The van der Waals surface area contributed by atoms with E-state index in [1.165, 1.54) is 12.1 Å². The molecule has 0 amide bonds. The first-order chi connectivity index (χ1) is 8.59. The number of fused-ring (bicyclic) bond motifs is 1. The summed E-state index contributed by atoms with van der Waals surface area (Å²) < 4.78 is 44.8. The Morgan fingerprint density at radius 1 is 0.842 bits per heavy atom. The molecule has 0 aliphatic carbocycles. The molecule has 0 heterocycles. The largest absolute Gasteiger partial charge is 0.507 e. The zero-order valence-electron chi connectivity index (χ0n) is 9.04. The molecule has 0 aliphatic heterocycles. The van der Waals surface area contributed by atoms with Gasteiger partial charge in [-0.3, -0.25) is 0 Å². The van der Waals surface area contributed by atoms with E-state index in [1.54, 1.807) is 0 Å². The Labute approximate surface area is 118 Å². The Kier molecular flexibility index (Phi) is 3.42. The third-order valence-electron chi connectivity index (χ3n) is 2.44. The first-order valence-electron chi connectivity index (χ1n) is 4.75. The number of phenols is 1. The quantitative estimate of drug-likeness (QED) is 0.848. The van der Waals surface area contributed by atoms with Crippen LogP contribution in [0.15, 0.2) is 40.1 Å². The highest BCUT2D eigenvalue weighted by Crippen LogP contribution is 2.32. The predicted molar refractivity (Wildman–Crippen MR) is 71.7 cm³/mol. The van der Waals surface area contributed by atoms with Crippen molar-refractivity contribution in [2.45, 2.75) is 9.79 Å². The number of rotatable bonds is 2. The van der Waals surface area contributed by atoms with Gasteiger partial charge in [0, 0.05) is 32.8 Å². The summed E-state index contributed by atoms with van der Waals surface area (Å²) in [6, 6.07) is 5.83. The van der Waals surface area contributed by atoms with Gasteiger partial charge in [-0.15, -0.1) is 0 Å². The summed E-state index contributed by atoms with van der Waals surface area (Å²) in [7, 11) is 2.39. The highest BCUT2D eigenvalue weighted by molar-refractivity contribution is 8.14. The van der Waals surface area contributed by atoms with E-state index in [1.807, 2.05) is 0 Å². The van der Waals surface area contributed by atoms with Crippen molar-refractivity contribution in [3.63, 3.8) is 0 Å². The van der Waals surface area contributed by atoms with E-state index in [0.717, 1.165) is 18.2 Å². The van der Waals surface area contributed by atoms with Crippen LogP contribution in [0.1, 0.15) is 0 Å². The molecule has 2 aromatic carbocycles. The summed E-state index contributed by atoms with van der Waals surface area (Å²) in [5, 5.41) is 10.2. The van der Waals surface area contributed by atoms with Gasteiger partial charge >= 0.3 is 0 Å². The Morgan fingerprint density at radius 2 is 1.37 bits per heavy atom. The number of aromatic hydroxyl groups is 1. The van der Waals surface area contributed by atoms with Gasteiger partial charge in [-0.25, -0.2) is 16.8 Å². The van der Waals surface area contributed by atoms with Crippen LogP contribution >= 0.6 is 21.4 Å². The summed E-state index contributed by atoms with van der Waals surface area (Å²) in [6.45, 7) is 0. The predicted octanol–water partition coefficient (Wildman–Crippen LogP) is 2.40. The molecule has 5 nitrogen and oxygen atoms in total. The molecule has 0 bridgehead atoms. The van der Waals surface area contributed by atoms with Crippen LogP contribution in [0.4, 0.5) is 0 Å². The van der Waals surface area contributed by atoms with Crippen LogP contribution < -0.4 is 0 Å². The normalized spacial score (nSPS) is 12.7. The second-order valence-corrected chi connectivity index (χ2v) is 8.83. The first-order valence-corrected chi connectivity index (χ1v) is 9.37. The molecular formula is C10H6Cl2O5S2. The van der Waals surface area contributed by atoms with Crippen LogP contribution in [0.3, 0.4) is 0 Å².